The summed E-state index contributed by atoms with van der Waals surface area (Å²) in [6.45, 7) is 1.80. The van der Waals surface area contributed by atoms with Gasteiger partial charge in [-0.1, -0.05) is 6.92 Å². The van der Waals surface area contributed by atoms with E-state index in [1.165, 1.54) is 6.07 Å². The summed E-state index contributed by atoms with van der Waals surface area (Å²) in [5.41, 5.74) is 11.6. The summed E-state index contributed by atoms with van der Waals surface area (Å²) in [6, 6.07) is 7.65. The number of carbonyl (C=O) groups excluding carboxylic acids is 2. The van der Waals surface area contributed by atoms with E-state index in [2.05, 4.69) is 4.98 Å². The topological polar surface area (TPSA) is 119 Å². The van der Waals surface area contributed by atoms with Crippen molar-refractivity contribution in [1.82, 2.24) is 4.98 Å². The average Bonchev–Trinajstić information content (AvgIpc) is 2.46. The van der Waals surface area contributed by atoms with Crippen molar-refractivity contribution < 1.29 is 9.59 Å². The number of hydrogen-bond acceptors (Lipinski definition) is 4. The maximum absolute atomic E-state index is 12.5. The molecule has 5 N–H and O–H groups in total. The molecular formula is C15H15N3O3. The van der Waals surface area contributed by atoms with Gasteiger partial charge >= 0.3 is 0 Å². The van der Waals surface area contributed by atoms with Gasteiger partial charge in [0.05, 0.1) is 0 Å². The Morgan fingerprint density at radius 1 is 1.14 bits per heavy atom. The zero-order valence-corrected chi connectivity index (χ0v) is 11.5. The van der Waals surface area contributed by atoms with Gasteiger partial charge < -0.3 is 16.5 Å². The fraction of sp³-hybridized carbons (Fsp3) is 0.133. The van der Waals surface area contributed by atoms with Crippen LogP contribution in [-0.2, 0) is 6.42 Å². The number of aryl methyl sites for hydroxylation is 1. The minimum absolute atomic E-state index is 0.231. The lowest BCUT2D eigenvalue weighted by Gasteiger charge is -2.08. The van der Waals surface area contributed by atoms with Crippen LogP contribution < -0.4 is 17.0 Å². The molecule has 1 aromatic heterocycles. The van der Waals surface area contributed by atoms with Crippen molar-refractivity contribution in [2.75, 3.05) is 5.73 Å². The van der Waals surface area contributed by atoms with Crippen LogP contribution in [0.5, 0.6) is 0 Å². The fourth-order valence-corrected chi connectivity index (χ4v) is 2.02. The van der Waals surface area contributed by atoms with Crippen LogP contribution in [0.3, 0.4) is 0 Å². The van der Waals surface area contributed by atoms with Crippen molar-refractivity contribution >= 4 is 17.4 Å². The van der Waals surface area contributed by atoms with E-state index in [0.29, 0.717) is 23.4 Å². The van der Waals surface area contributed by atoms with Crippen LogP contribution in [0, 0.1) is 0 Å². The van der Waals surface area contributed by atoms with Gasteiger partial charge in [0.2, 0.25) is 0 Å². The van der Waals surface area contributed by atoms with Gasteiger partial charge in [0, 0.05) is 22.5 Å². The largest absolute Gasteiger partial charge is 0.399 e. The molecule has 1 aromatic carbocycles. The van der Waals surface area contributed by atoms with E-state index in [0.717, 1.165) is 0 Å². The number of H-pyrrole nitrogens is 1. The van der Waals surface area contributed by atoms with Gasteiger partial charge in [-0.3, -0.25) is 14.4 Å². The Balaban J connectivity index is 2.58. The van der Waals surface area contributed by atoms with E-state index >= 15 is 0 Å². The average molecular weight is 285 g/mol. The van der Waals surface area contributed by atoms with E-state index < -0.39 is 11.5 Å². The van der Waals surface area contributed by atoms with Crippen molar-refractivity contribution in [1.29, 1.82) is 0 Å². The lowest BCUT2D eigenvalue weighted by molar-refractivity contribution is 0.0999. The predicted octanol–water partition coefficient (Wildman–Crippen LogP) is 0.849. The van der Waals surface area contributed by atoms with Crippen molar-refractivity contribution in [3.05, 3.63) is 63.1 Å². The van der Waals surface area contributed by atoms with Crippen LogP contribution in [0.2, 0.25) is 0 Å². The Bertz CT molecular complexity index is 761. The lowest BCUT2D eigenvalue weighted by atomic mass is 9.99. The van der Waals surface area contributed by atoms with Gasteiger partial charge in [0.1, 0.15) is 5.56 Å². The summed E-state index contributed by atoms with van der Waals surface area (Å²) < 4.78 is 0. The second kappa shape index (κ2) is 5.62. The summed E-state index contributed by atoms with van der Waals surface area (Å²) in [4.78, 5) is 38.0. The molecule has 0 aliphatic carbocycles. The number of ketones is 1. The number of benzene rings is 1. The maximum Gasteiger partial charge on any atom is 0.261 e. The summed E-state index contributed by atoms with van der Waals surface area (Å²) in [5.74, 6) is -1.17. The summed E-state index contributed by atoms with van der Waals surface area (Å²) in [6.07, 6.45) is 0.449. The number of hydrogen-bond donors (Lipinski definition) is 3. The highest BCUT2D eigenvalue weighted by molar-refractivity contribution is 6.10. The number of amides is 1. The number of nitrogen functional groups attached to an aromatic ring is 1. The lowest BCUT2D eigenvalue weighted by Crippen LogP contribution is -2.26. The molecule has 2 aromatic rings. The van der Waals surface area contributed by atoms with Gasteiger partial charge in [-0.25, -0.2) is 0 Å². The third-order valence-electron chi connectivity index (χ3n) is 3.16. The van der Waals surface area contributed by atoms with Crippen molar-refractivity contribution in [2.45, 2.75) is 13.3 Å². The predicted molar refractivity (Wildman–Crippen MR) is 79.2 cm³/mol. The summed E-state index contributed by atoms with van der Waals surface area (Å²) >= 11 is 0. The molecule has 0 radical (unpaired) electrons. The second-order valence-corrected chi connectivity index (χ2v) is 4.57. The first-order valence-electron chi connectivity index (χ1n) is 6.40. The van der Waals surface area contributed by atoms with E-state index in [-0.39, 0.29) is 16.9 Å². The summed E-state index contributed by atoms with van der Waals surface area (Å²) in [7, 11) is 0. The number of primary amides is 1. The molecule has 2 rings (SSSR count). The maximum atomic E-state index is 12.5. The second-order valence-electron chi connectivity index (χ2n) is 4.57. The Morgan fingerprint density at radius 2 is 1.76 bits per heavy atom. The molecular weight excluding hydrogens is 270 g/mol. The Morgan fingerprint density at radius 3 is 2.29 bits per heavy atom. The van der Waals surface area contributed by atoms with E-state index in [1.807, 2.05) is 0 Å². The Labute approximate surface area is 120 Å². The van der Waals surface area contributed by atoms with Crippen LogP contribution in [0.25, 0.3) is 0 Å². The highest BCUT2D eigenvalue weighted by Gasteiger charge is 2.18. The number of aromatic nitrogens is 1. The standard InChI is InChI=1S/C15H15N3O3/c1-2-12-10(7-11(14(17)20)15(21)18-12)13(19)8-3-5-9(16)6-4-8/h3-7H,2,16H2,1H3,(H2,17,20)(H,18,21). The molecule has 0 saturated carbocycles. The number of anilines is 1. The SMILES string of the molecule is CCc1[nH]c(=O)c(C(N)=O)cc1C(=O)c1ccc(N)cc1. The van der Waals surface area contributed by atoms with Gasteiger partial charge in [-0.15, -0.1) is 0 Å². The van der Waals surface area contributed by atoms with Gasteiger partial charge in [-0.2, -0.15) is 0 Å². The molecule has 0 aliphatic rings. The van der Waals surface area contributed by atoms with Crippen molar-refractivity contribution in [3.63, 3.8) is 0 Å². The molecule has 6 heteroatoms. The summed E-state index contributed by atoms with van der Waals surface area (Å²) in [5, 5.41) is 0. The zero-order valence-electron chi connectivity index (χ0n) is 11.5. The van der Waals surface area contributed by atoms with Gasteiger partial charge in [0.25, 0.3) is 11.5 Å². The molecule has 1 amide bonds. The number of pyridine rings is 1. The van der Waals surface area contributed by atoms with Crippen molar-refractivity contribution in [2.24, 2.45) is 5.73 Å². The normalized spacial score (nSPS) is 10.3. The minimum atomic E-state index is -0.870. The van der Waals surface area contributed by atoms with Crippen LogP contribution in [0.4, 0.5) is 5.69 Å². The van der Waals surface area contributed by atoms with E-state index in [9.17, 15) is 14.4 Å². The quantitative estimate of drug-likeness (QED) is 0.569. The number of carbonyl (C=O) groups is 2. The highest BCUT2D eigenvalue weighted by atomic mass is 16.2. The highest BCUT2D eigenvalue weighted by Crippen LogP contribution is 2.15. The minimum Gasteiger partial charge on any atom is -0.399 e. The molecule has 0 unspecified atom stereocenters. The van der Waals surface area contributed by atoms with Crippen LogP contribution in [0.15, 0.2) is 35.1 Å². The molecule has 1 heterocycles. The first-order valence-corrected chi connectivity index (χ1v) is 6.40. The van der Waals surface area contributed by atoms with Gasteiger partial charge in [-0.05, 0) is 36.8 Å². The Hall–Kier alpha value is -2.89. The number of nitrogens with two attached hydrogens (primary N) is 2. The first-order chi connectivity index (χ1) is 9.93. The first kappa shape index (κ1) is 14.5. The molecule has 0 fully saturated rings. The van der Waals surface area contributed by atoms with Gasteiger partial charge in [0.15, 0.2) is 5.78 Å². The Kier molecular flexibility index (Phi) is 3.89. The van der Waals surface area contributed by atoms with E-state index in [4.69, 9.17) is 11.5 Å². The third-order valence-corrected chi connectivity index (χ3v) is 3.16. The monoisotopic (exact) mass is 285 g/mol. The molecule has 0 saturated heterocycles. The zero-order chi connectivity index (χ0) is 15.6. The number of nitrogens with one attached hydrogen (secondary N) is 1. The van der Waals surface area contributed by atoms with Crippen LogP contribution in [0.1, 0.15) is 38.9 Å². The van der Waals surface area contributed by atoms with Crippen molar-refractivity contribution in [3.8, 4) is 0 Å². The smallest absolute Gasteiger partial charge is 0.261 e. The number of aromatic amines is 1. The van der Waals surface area contributed by atoms with E-state index in [1.54, 1.807) is 31.2 Å². The van der Waals surface area contributed by atoms with Crippen LogP contribution in [-0.4, -0.2) is 16.7 Å². The molecule has 0 atom stereocenters. The molecule has 0 aliphatic heterocycles. The molecule has 6 nitrogen and oxygen atoms in total. The molecule has 0 spiro atoms. The number of rotatable bonds is 4. The molecule has 0 bridgehead atoms. The molecule has 21 heavy (non-hydrogen) atoms. The molecule has 108 valence electrons. The fourth-order valence-electron chi connectivity index (χ4n) is 2.02. The third kappa shape index (κ3) is 2.84. The van der Waals surface area contributed by atoms with Crippen LogP contribution >= 0.6 is 0 Å².